The molecule has 0 radical (unpaired) electrons. The van der Waals surface area contributed by atoms with Crippen LogP contribution < -0.4 is 0 Å². The van der Waals surface area contributed by atoms with Gasteiger partial charge in [0.15, 0.2) is 0 Å². The number of rotatable bonds is 3. The average molecular weight is 294 g/mol. The number of aromatic amines is 1. The number of benzene rings is 1. The van der Waals surface area contributed by atoms with Crippen molar-refractivity contribution in [1.29, 1.82) is 0 Å². The molecule has 0 spiro atoms. The average Bonchev–Trinajstić information content (AvgIpc) is 2.71. The summed E-state index contributed by atoms with van der Waals surface area (Å²) in [4.78, 5) is 14.4. The van der Waals surface area contributed by atoms with Gasteiger partial charge >= 0.3 is 5.97 Å². The molecule has 3 nitrogen and oxygen atoms in total. The first kappa shape index (κ1) is 11.9. The molecule has 1 heterocycles. The second-order valence-electron chi connectivity index (χ2n) is 3.49. The monoisotopic (exact) mass is 293 g/mol. The summed E-state index contributed by atoms with van der Waals surface area (Å²) < 4.78 is 5.83. The minimum Gasteiger partial charge on any atom is -0.463 e. The van der Waals surface area contributed by atoms with Crippen molar-refractivity contribution in [2.75, 3.05) is 6.61 Å². The summed E-state index contributed by atoms with van der Waals surface area (Å²) in [7, 11) is 0. The topological polar surface area (TPSA) is 42.1 Å². The first-order valence-corrected chi connectivity index (χ1v) is 6.12. The molecule has 17 heavy (non-hydrogen) atoms. The van der Waals surface area contributed by atoms with Gasteiger partial charge in [0.05, 0.1) is 6.61 Å². The number of hydrogen-bond acceptors (Lipinski definition) is 2. The first-order valence-electron chi connectivity index (χ1n) is 5.33. The van der Waals surface area contributed by atoms with E-state index in [0.29, 0.717) is 6.61 Å². The quantitative estimate of drug-likeness (QED) is 0.695. The van der Waals surface area contributed by atoms with Crippen LogP contribution in [0.3, 0.4) is 0 Å². The largest absolute Gasteiger partial charge is 0.463 e. The molecule has 0 fully saturated rings. The van der Waals surface area contributed by atoms with Crippen LogP contribution in [-0.4, -0.2) is 17.6 Å². The van der Waals surface area contributed by atoms with E-state index in [4.69, 9.17) is 4.74 Å². The Morgan fingerprint density at radius 1 is 1.53 bits per heavy atom. The molecule has 88 valence electrons. The Hall–Kier alpha value is -1.55. The molecule has 0 aliphatic rings. The van der Waals surface area contributed by atoms with Crippen molar-refractivity contribution >= 4 is 38.9 Å². The fourth-order valence-electron chi connectivity index (χ4n) is 1.65. The Kier molecular flexibility index (Phi) is 3.64. The highest BCUT2D eigenvalue weighted by Crippen LogP contribution is 2.27. The van der Waals surface area contributed by atoms with E-state index in [9.17, 15) is 4.79 Å². The molecule has 0 unspecified atom stereocenters. The Morgan fingerprint density at radius 2 is 2.35 bits per heavy atom. The van der Waals surface area contributed by atoms with Gasteiger partial charge in [-0.15, -0.1) is 0 Å². The van der Waals surface area contributed by atoms with Gasteiger partial charge in [-0.1, -0.05) is 22.0 Å². The van der Waals surface area contributed by atoms with Gasteiger partial charge in [-0.3, -0.25) is 0 Å². The highest BCUT2D eigenvalue weighted by molar-refractivity contribution is 9.10. The lowest BCUT2D eigenvalue weighted by Crippen LogP contribution is -1.98. The molecule has 0 saturated carbocycles. The zero-order valence-corrected chi connectivity index (χ0v) is 11.0. The second kappa shape index (κ2) is 5.19. The fraction of sp³-hybridized carbons (Fsp3) is 0.154. The predicted molar refractivity (Wildman–Crippen MR) is 71.7 cm³/mol. The number of fused-ring (bicyclic) bond motifs is 1. The van der Waals surface area contributed by atoms with Crippen molar-refractivity contribution in [3.63, 3.8) is 0 Å². The van der Waals surface area contributed by atoms with Crippen LogP contribution in [0.2, 0.25) is 0 Å². The Balaban J connectivity index is 2.34. The van der Waals surface area contributed by atoms with Crippen LogP contribution in [0.25, 0.3) is 17.0 Å². The molecule has 1 aromatic heterocycles. The van der Waals surface area contributed by atoms with Gasteiger partial charge in [-0.2, -0.15) is 0 Å². The third-order valence-electron chi connectivity index (χ3n) is 2.37. The molecule has 2 aromatic rings. The fourth-order valence-corrected chi connectivity index (χ4v) is 2.24. The molecule has 4 heteroatoms. The second-order valence-corrected chi connectivity index (χ2v) is 4.35. The Labute approximate surface area is 108 Å². The van der Waals surface area contributed by atoms with Crippen LogP contribution >= 0.6 is 15.9 Å². The van der Waals surface area contributed by atoms with Gasteiger partial charge in [-0.25, -0.2) is 4.79 Å². The van der Waals surface area contributed by atoms with Gasteiger partial charge in [0.25, 0.3) is 0 Å². The molecule has 0 amide bonds. The van der Waals surface area contributed by atoms with E-state index in [1.807, 2.05) is 24.4 Å². The van der Waals surface area contributed by atoms with Crippen molar-refractivity contribution in [3.05, 3.63) is 40.5 Å². The smallest absolute Gasteiger partial charge is 0.330 e. The van der Waals surface area contributed by atoms with Crippen molar-refractivity contribution in [1.82, 2.24) is 4.98 Å². The summed E-state index contributed by atoms with van der Waals surface area (Å²) >= 11 is 3.49. The van der Waals surface area contributed by atoms with Crippen LogP contribution in [-0.2, 0) is 9.53 Å². The van der Waals surface area contributed by atoms with Crippen LogP contribution in [0.1, 0.15) is 12.5 Å². The molecule has 0 aliphatic heterocycles. The normalized spacial score (nSPS) is 11.2. The SMILES string of the molecule is CCOC(=O)C=Cc1c[nH]c2cccc(Br)c12. The van der Waals surface area contributed by atoms with Crippen molar-refractivity contribution in [2.24, 2.45) is 0 Å². The van der Waals surface area contributed by atoms with E-state index < -0.39 is 0 Å². The van der Waals surface area contributed by atoms with E-state index in [1.54, 1.807) is 13.0 Å². The predicted octanol–water partition coefficient (Wildman–Crippen LogP) is 3.51. The molecule has 0 atom stereocenters. The summed E-state index contributed by atoms with van der Waals surface area (Å²) in [5.74, 6) is -0.325. The number of hydrogen-bond donors (Lipinski definition) is 1. The summed E-state index contributed by atoms with van der Waals surface area (Å²) in [6, 6.07) is 5.92. The third kappa shape index (κ3) is 2.58. The standard InChI is InChI=1S/C13H12BrNO2/c1-2-17-12(16)7-6-9-8-15-11-5-3-4-10(14)13(9)11/h3-8,15H,2H2,1H3. The van der Waals surface area contributed by atoms with Crippen molar-refractivity contribution in [3.8, 4) is 0 Å². The Bertz CT molecular complexity index is 572. The third-order valence-corrected chi connectivity index (χ3v) is 3.03. The highest BCUT2D eigenvalue weighted by atomic mass is 79.9. The lowest BCUT2D eigenvalue weighted by atomic mass is 10.1. The van der Waals surface area contributed by atoms with E-state index in [1.165, 1.54) is 6.08 Å². The van der Waals surface area contributed by atoms with Crippen LogP contribution in [0, 0.1) is 0 Å². The van der Waals surface area contributed by atoms with E-state index in [0.717, 1.165) is 20.9 Å². The maximum absolute atomic E-state index is 11.2. The van der Waals surface area contributed by atoms with E-state index in [-0.39, 0.29) is 5.97 Å². The highest BCUT2D eigenvalue weighted by Gasteiger charge is 2.04. The summed E-state index contributed by atoms with van der Waals surface area (Å²) in [5.41, 5.74) is 1.99. The van der Waals surface area contributed by atoms with Crippen LogP contribution in [0.5, 0.6) is 0 Å². The van der Waals surface area contributed by atoms with Gasteiger partial charge < -0.3 is 9.72 Å². The maximum atomic E-state index is 11.2. The number of aromatic nitrogens is 1. The van der Waals surface area contributed by atoms with Gasteiger partial charge in [-0.05, 0) is 25.1 Å². The number of H-pyrrole nitrogens is 1. The van der Waals surface area contributed by atoms with Gasteiger partial charge in [0.2, 0.25) is 0 Å². The lowest BCUT2D eigenvalue weighted by Gasteiger charge is -1.96. The van der Waals surface area contributed by atoms with Gasteiger partial charge in [0.1, 0.15) is 0 Å². The zero-order valence-electron chi connectivity index (χ0n) is 9.37. The molecule has 0 saturated heterocycles. The van der Waals surface area contributed by atoms with Crippen LogP contribution in [0.15, 0.2) is 34.9 Å². The summed E-state index contributed by atoms with van der Waals surface area (Å²) in [6.07, 6.45) is 5.05. The number of halogens is 1. The molecular formula is C13H12BrNO2. The number of carbonyl (C=O) groups excluding carboxylic acids is 1. The Morgan fingerprint density at radius 3 is 3.12 bits per heavy atom. The van der Waals surface area contributed by atoms with Crippen molar-refractivity contribution in [2.45, 2.75) is 6.92 Å². The van der Waals surface area contributed by atoms with Gasteiger partial charge in [0, 0.05) is 33.2 Å². The van der Waals surface area contributed by atoms with E-state index in [2.05, 4.69) is 20.9 Å². The molecular weight excluding hydrogens is 282 g/mol. The minimum absolute atomic E-state index is 0.325. The lowest BCUT2D eigenvalue weighted by molar-refractivity contribution is -0.137. The van der Waals surface area contributed by atoms with Crippen molar-refractivity contribution < 1.29 is 9.53 Å². The summed E-state index contributed by atoms with van der Waals surface area (Å²) in [5, 5.41) is 1.06. The summed E-state index contributed by atoms with van der Waals surface area (Å²) in [6.45, 7) is 2.18. The molecule has 0 bridgehead atoms. The minimum atomic E-state index is -0.325. The number of ether oxygens (including phenoxy) is 1. The molecule has 1 N–H and O–H groups in total. The number of carbonyl (C=O) groups is 1. The molecule has 1 aromatic carbocycles. The first-order chi connectivity index (χ1) is 8.22. The zero-order chi connectivity index (χ0) is 12.3. The maximum Gasteiger partial charge on any atom is 0.330 e. The van der Waals surface area contributed by atoms with Crippen LogP contribution in [0.4, 0.5) is 0 Å². The number of nitrogens with one attached hydrogen (secondary N) is 1. The van der Waals surface area contributed by atoms with E-state index >= 15 is 0 Å². The molecule has 2 rings (SSSR count). The molecule has 0 aliphatic carbocycles. The number of esters is 1.